The second-order valence-corrected chi connectivity index (χ2v) is 6.43. The van der Waals surface area contributed by atoms with Crippen molar-refractivity contribution in [2.24, 2.45) is 0 Å². The number of esters is 1. The maximum atomic E-state index is 12.2. The smallest absolute Gasteiger partial charge is 0.365 e. The molecule has 142 valence electrons. The number of aromatic nitrogens is 1. The number of aliphatic hydroxyl groups is 4. The Hall–Kier alpha value is -2.01. The molecule has 6 atom stereocenters. The van der Waals surface area contributed by atoms with Crippen LogP contribution in [0, 0.1) is 0 Å². The average Bonchev–Trinajstić information content (AvgIpc) is 3.04. The van der Waals surface area contributed by atoms with E-state index in [4.69, 9.17) is 9.47 Å². The SMILES string of the molecule is [NH3+][C@@H](Cc1c[nH]c2ccccc12)C(=O)OC[C@H]1O[C@@H](O)[C@@H](O)[C@@H](O)[C@@H]1O. The van der Waals surface area contributed by atoms with E-state index < -0.39 is 42.7 Å². The van der Waals surface area contributed by atoms with Crippen LogP contribution in [0.15, 0.2) is 30.5 Å². The summed E-state index contributed by atoms with van der Waals surface area (Å²) in [5.74, 6) is -0.596. The van der Waals surface area contributed by atoms with Gasteiger partial charge in [-0.3, -0.25) is 0 Å². The molecule has 2 aromatic rings. The Morgan fingerprint density at radius 1 is 1.19 bits per heavy atom. The zero-order valence-electron chi connectivity index (χ0n) is 14.0. The van der Waals surface area contributed by atoms with Crippen molar-refractivity contribution in [3.05, 3.63) is 36.0 Å². The van der Waals surface area contributed by atoms with Gasteiger partial charge in [0.1, 0.15) is 31.0 Å². The molecule has 1 fully saturated rings. The first-order valence-electron chi connectivity index (χ1n) is 8.31. The summed E-state index contributed by atoms with van der Waals surface area (Å²) in [5, 5.41) is 39.4. The molecule has 1 aliphatic rings. The summed E-state index contributed by atoms with van der Waals surface area (Å²) in [6.07, 6.45) is -5.34. The summed E-state index contributed by atoms with van der Waals surface area (Å²) >= 11 is 0. The molecule has 0 bridgehead atoms. The van der Waals surface area contributed by atoms with Gasteiger partial charge in [0.25, 0.3) is 0 Å². The second kappa shape index (κ2) is 7.70. The molecule has 8 N–H and O–H groups in total. The highest BCUT2D eigenvalue weighted by Gasteiger charge is 2.43. The molecule has 0 aliphatic carbocycles. The summed E-state index contributed by atoms with van der Waals surface area (Å²) in [4.78, 5) is 15.3. The third-order valence-corrected chi connectivity index (χ3v) is 4.55. The number of carbonyl (C=O) groups excluding carboxylic acids is 1. The monoisotopic (exact) mass is 367 g/mol. The van der Waals surface area contributed by atoms with E-state index in [1.165, 1.54) is 0 Å². The average molecular weight is 367 g/mol. The lowest BCUT2D eigenvalue weighted by Crippen LogP contribution is -2.66. The van der Waals surface area contributed by atoms with Gasteiger partial charge in [0.15, 0.2) is 12.3 Å². The van der Waals surface area contributed by atoms with Crippen LogP contribution in [0.5, 0.6) is 0 Å². The van der Waals surface area contributed by atoms with Crippen LogP contribution in [0.4, 0.5) is 0 Å². The molecule has 0 spiro atoms. The predicted octanol–water partition coefficient (Wildman–Crippen LogP) is -2.34. The Morgan fingerprint density at radius 2 is 1.92 bits per heavy atom. The quantitative estimate of drug-likeness (QED) is 0.323. The van der Waals surface area contributed by atoms with Gasteiger partial charge in [-0.2, -0.15) is 0 Å². The van der Waals surface area contributed by atoms with Crippen LogP contribution in [-0.2, 0) is 20.7 Å². The molecule has 0 saturated carbocycles. The van der Waals surface area contributed by atoms with Crippen LogP contribution >= 0.6 is 0 Å². The number of aromatic amines is 1. The number of benzene rings is 1. The predicted molar refractivity (Wildman–Crippen MR) is 88.5 cm³/mol. The minimum Gasteiger partial charge on any atom is -0.458 e. The molecule has 26 heavy (non-hydrogen) atoms. The van der Waals surface area contributed by atoms with Gasteiger partial charge in [0, 0.05) is 23.5 Å². The minimum absolute atomic E-state index is 0.362. The van der Waals surface area contributed by atoms with E-state index in [-0.39, 0.29) is 6.61 Å². The van der Waals surface area contributed by atoms with Crippen molar-refractivity contribution in [2.45, 2.75) is 43.2 Å². The van der Waals surface area contributed by atoms with Crippen molar-refractivity contribution in [1.29, 1.82) is 0 Å². The normalized spacial score (nSPS) is 30.3. The highest BCUT2D eigenvalue weighted by atomic mass is 16.6. The molecule has 9 nitrogen and oxygen atoms in total. The van der Waals surface area contributed by atoms with Gasteiger partial charge in [-0.25, -0.2) is 4.79 Å². The van der Waals surface area contributed by atoms with Crippen molar-refractivity contribution in [3.8, 4) is 0 Å². The van der Waals surface area contributed by atoms with Gasteiger partial charge in [-0.05, 0) is 11.6 Å². The van der Waals surface area contributed by atoms with Crippen molar-refractivity contribution in [2.75, 3.05) is 6.61 Å². The molecule has 0 amide bonds. The lowest BCUT2D eigenvalue weighted by atomic mass is 9.99. The largest absolute Gasteiger partial charge is 0.458 e. The summed E-state index contributed by atoms with van der Waals surface area (Å²) in [6, 6.07) is 7.01. The number of fused-ring (bicyclic) bond motifs is 1. The molecular weight excluding hydrogens is 344 g/mol. The maximum Gasteiger partial charge on any atom is 0.365 e. The Kier molecular flexibility index (Phi) is 5.56. The lowest BCUT2D eigenvalue weighted by molar-refractivity contribution is -0.408. The molecule has 0 radical (unpaired) electrons. The van der Waals surface area contributed by atoms with Crippen LogP contribution in [0.1, 0.15) is 5.56 Å². The van der Waals surface area contributed by atoms with Crippen LogP contribution in [0.25, 0.3) is 10.9 Å². The first-order chi connectivity index (χ1) is 12.4. The molecule has 1 saturated heterocycles. The van der Waals surface area contributed by atoms with E-state index in [0.29, 0.717) is 6.42 Å². The number of para-hydroxylation sites is 1. The molecule has 1 aliphatic heterocycles. The van der Waals surface area contributed by atoms with Gasteiger partial charge in [-0.1, -0.05) is 18.2 Å². The van der Waals surface area contributed by atoms with Crippen molar-refractivity contribution >= 4 is 16.9 Å². The fourth-order valence-electron chi connectivity index (χ4n) is 3.00. The molecule has 9 heteroatoms. The highest BCUT2D eigenvalue weighted by Crippen LogP contribution is 2.21. The van der Waals surface area contributed by atoms with Gasteiger partial charge in [-0.15, -0.1) is 0 Å². The van der Waals surface area contributed by atoms with Crippen LogP contribution in [0.3, 0.4) is 0 Å². The van der Waals surface area contributed by atoms with Crippen LogP contribution in [-0.4, -0.2) is 74.7 Å². The first-order valence-corrected chi connectivity index (χ1v) is 8.31. The van der Waals surface area contributed by atoms with E-state index in [1.54, 1.807) is 0 Å². The zero-order valence-corrected chi connectivity index (χ0v) is 14.0. The van der Waals surface area contributed by atoms with Gasteiger partial charge >= 0.3 is 5.97 Å². The number of hydrogen-bond acceptors (Lipinski definition) is 7. The fraction of sp³-hybridized carbons (Fsp3) is 0.471. The second-order valence-electron chi connectivity index (χ2n) is 6.43. The molecule has 1 aromatic carbocycles. The summed E-state index contributed by atoms with van der Waals surface area (Å²) in [6.45, 7) is -0.374. The summed E-state index contributed by atoms with van der Waals surface area (Å²) in [7, 11) is 0. The number of nitrogens with one attached hydrogen (secondary N) is 1. The summed E-state index contributed by atoms with van der Waals surface area (Å²) in [5.41, 5.74) is 5.71. The highest BCUT2D eigenvalue weighted by molar-refractivity contribution is 5.84. The number of ether oxygens (including phenoxy) is 2. The summed E-state index contributed by atoms with van der Waals surface area (Å²) < 4.78 is 10.1. The molecule has 2 heterocycles. The maximum absolute atomic E-state index is 12.2. The van der Waals surface area contributed by atoms with Crippen LogP contribution < -0.4 is 5.73 Å². The minimum atomic E-state index is -1.67. The topological polar surface area (TPSA) is 160 Å². The Balaban J connectivity index is 1.56. The van der Waals surface area contributed by atoms with Crippen LogP contribution in [0.2, 0.25) is 0 Å². The third-order valence-electron chi connectivity index (χ3n) is 4.55. The molecule has 3 rings (SSSR count). The van der Waals surface area contributed by atoms with E-state index >= 15 is 0 Å². The standard InChI is InChI=1S/C17H22N2O7/c18-10(5-8-6-19-11-4-2-1-3-9(8)11)16(23)25-7-12-13(20)14(21)15(22)17(24)26-12/h1-4,6,10,12-15,17,19-22,24H,5,7,18H2/p+1/t10-,12+,13+,14-,15-,17+/m0/s1. The Labute approximate surface area is 149 Å². The molecule has 0 unspecified atom stereocenters. The van der Waals surface area contributed by atoms with Crippen molar-refractivity contribution in [3.63, 3.8) is 0 Å². The number of quaternary nitrogens is 1. The number of hydrogen-bond donors (Lipinski definition) is 6. The van der Waals surface area contributed by atoms with E-state index in [9.17, 15) is 25.2 Å². The number of carbonyl (C=O) groups is 1. The Morgan fingerprint density at radius 3 is 2.69 bits per heavy atom. The van der Waals surface area contributed by atoms with Gasteiger partial charge in [0.05, 0.1) is 0 Å². The van der Waals surface area contributed by atoms with Crippen molar-refractivity contribution in [1.82, 2.24) is 4.98 Å². The van der Waals surface area contributed by atoms with E-state index in [1.807, 2.05) is 30.5 Å². The van der Waals surface area contributed by atoms with Crippen molar-refractivity contribution < 1.29 is 40.4 Å². The number of aliphatic hydroxyl groups excluding tert-OH is 4. The van der Waals surface area contributed by atoms with E-state index in [0.717, 1.165) is 16.5 Å². The number of rotatable bonds is 5. The fourth-order valence-corrected chi connectivity index (χ4v) is 3.00. The first kappa shape index (κ1) is 18.8. The zero-order chi connectivity index (χ0) is 18.8. The Bertz CT molecular complexity index is 764. The molecule has 1 aromatic heterocycles. The molecular formula is C17H23N2O7+. The van der Waals surface area contributed by atoms with E-state index in [2.05, 4.69) is 10.7 Å². The number of H-pyrrole nitrogens is 1. The van der Waals surface area contributed by atoms with Gasteiger partial charge in [0.2, 0.25) is 0 Å². The lowest BCUT2D eigenvalue weighted by Gasteiger charge is -2.37. The van der Waals surface area contributed by atoms with Gasteiger partial charge < -0.3 is 40.6 Å². The third kappa shape index (κ3) is 3.73.